The van der Waals surface area contributed by atoms with Crippen LogP contribution >= 0.6 is 0 Å². The molecule has 0 aromatic carbocycles. The summed E-state index contributed by atoms with van der Waals surface area (Å²) in [6.45, 7) is 4.02. The zero-order valence-corrected chi connectivity index (χ0v) is 16.0. The van der Waals surface area contributed by atoms with Gasteiger partial charge >= 0.3 is 23.9 Å². The average molecular weight is 383 g/mol. The third kappa shape index (κ3) is 5.57. The minimum atomic E-state index is -0.935. The van der Waals surface area contributed by atoms with Gasteiger partial charge in [-0.15, -0.1) is 0 Å². The van der Waals surface area contributed by atoms with Gasteiger partial charge in [0.25, 0.3) is 0 Å². The van der Waals surface area contributed by atoms with Crippen LogP contribution in [0, 0.1) is 0 Å². The average Bonchev–Trinajstić information content (AvgIpc) is 3.07. The lowest BCUT2D eigenvalue weighted by molar-refractivity contribution is 0.0441. The molecule has 0 fully saturated rings. The summed E-state index contributed by atoms with van der Waals surface area (Å²) in [5.41, 5.74) is -1.55. The Morgan fingerprint density at radius 1 is 0.704 bits per heavy atom. The van der Waals surface area contributed by atoms with Crippen LogP contribution in [0.2, 0.25) is 0 Å². The number of methoxy groups -OCH3 is 2. The van der Waals surface area contributed by atoms with Crippen LogP contribution in [-0.2, 0) is 18.9 Å². The number of unbranched alkanes of at least 4 members (excludes halogenated alkanes) is 2. The van der Waals surface area contributed by atoms with Crippen molar-refractivity contribution in [2.75, 3.05) is 27.4 Å². The standard InChI is InChI=1S/C18H25NO8/c1-5-7-9-26-15(20)11-12(16(21)27-10-8-6-2)14(18(23)25-4)19-13(11)17(22)24-3/h19H,5-10H2,1-4H3. The summed E-state index contributed by atoms with van der Waals surface area (Å²) < 4.78 is 19.5. The number of ether oxygens (including phenoxy) is 4. The van der Waals surface area contributed by atoms with Gasteiger partial charge in [0.05, 0.1) is 27.4 Å². The van der Waals surface area contributed by atoms with E-state index in [4.69, 9.17) is 9.47 Å². The zero-order chi connectivity index (χ0) is 20.4. The van der Waals surface area contributed by atoms with Gasteiger partial charge in [0.1, 0.15) is 22.5 Å². The molecule has 0 saturated heterocycles. The molecule has 0 aliphatic heterocycles. The lowest BCUT2D eigenvalue weighted by Gasteiger charge is -2.08. The third-order valence-corrected chi connectivity index (χ3v) is 3.65. The molecule has 0 aliphatic rings. The predicted molar refractivity (Wildman–Crippen MR) is 93.9 cm³/mol. The van der Waals surface area contributed by atoms with Crippen molar-refractivity contribution in [1.82, 2.24) is 4.98 Å². The van der Waals surface area contributed by atoms with E-state index < -0.39 is 35.0 Å². The summed E-state index contributed by atoms with van der Waals surface area (Å²) in [4.78, 5) is 51.6. The molecular formula is C18H25NO8. The molecule has 0 radical (unpaired) electrons. The first-order chi connectivity index (χ1) is 12.9. The lowest BCUT2D eigenvalue weighted by Crippen LogP contribution is -2.18. The molecule has 1 rings (SSSR count). The molecule has 1 heterocycles. The van der Waals surface area contributed by atoms with Gasteiger partial charge in [0.2, 0.25) is 0 Å². The van der Waals surface area contributed by atoms with Gasteiger partial charge in [-0.1, -0.05) is 26.7 Å². The van der Waals surface area contributed by atoms with Crippen LogP contribution in [0.4, 0.5) is 0 Å². The van der Waals surface area contributed by atoms with Crippen LogP contribution in [0.1, 0.15) is 81.2 Å². The molecule has 0 saturated carbocycles. The molecular weight excluding hydrogens is 358 g/mol. The Morgan fingerprint density at radius 2 is 1.07 bits per heavy atom. The quantitative estimate of drug-likeness (QED) is 0.372. The van der Waals surface area contributed by atoms with Crippen molar-refractivity contribution in [3.8, 4) is 0 Å². The molecule has 1 aromatic rings. The largest absolute Gasteiger partial charge is 0.464 e. The molecule has 0 atom stereocenters. The van der Waals surface area contributed by atoms with Crippen LogP contribution in [-0.4, -0.2) is 56.3 Å². The maximum atomic E-state index is 12.5. The van der Waals surface area contributed by atoms with Crippen LogP contribution in [0.5, 0.6) is 0 Å². The number of rotatable bonds is 10. The molecule has 9 heteroatoms. The maximum absolute atomic E-state index is 12.5. The number of esters is 4. The van der Waals surface area contributed by atoms with Gasteiger partial charge in [-0.05, 0) is 12.8 Å². The fourth-order valence-electron chi connectivity index (χ4n) is 2.18. The van der Waals surface area contributed by atoms with E-state index in [1.54, 1.807) is 0 Å². The van der Waals surface area contributed by atoms with Crippen molar-refractivity contribution in [1.29, 1.82) is 0 Å². The second-order valence-corrected chi connectivity index (χ2v) is 5.59. The monoisotopic (exact) mass is 383 g/mol. The topological polar surface area (TPSA) is 121 Å². The van der Waals surface area contributed by atoms with Crippen molar-refractivity contribution in [3.05, 3.63) is 22.5 Å². The van der Waals surface area contributed by atoms with Gasteiger partial charge < -0.3 is 23.9 Å². The number of H-pyrrole nitrogens is 1. The van der Waals surface area contributed by atoms with Crippen molar-refractivity contribution >= 4 is 23.9 Å². The number of hydrogen-bond donors (Lipinski definition) is 1. The second kappa shape index (κ2) is 11.0. The summed E-state index contributed by atoms with van der Waals surface area (Å²) in [5.74, 6) is -3.74. The first-order valence-electron chi connectivity index (χ1n) is 8.69. The number of carbonyl (C=O) groups is 4. The molecule has 150 valence electrons. The normalized spacial score (nSPS) is 10.2. The Balaban J connectivity index is 3.44. The second-order valence-electron chi connectivity index (χ2n) is 5.59. The van der Waals surface area contributed by atoms with Gasteiger partial charge in [0, 0.05) is 0 Å². The molecule has 1 aromatic heterocycles. The van der Waals surface area contributed by atoms with Crippen molar-refractivity contribution < 1.29 is 38.1 Å². The molecule has 0 amide bonds. The third-order valence-electron chi connectivity index (χ3n) is 3.65. The van der Waals surface area contributed by atoms with E-state index in [0.29, 0.717) is 12.8 Å². The van der Waals surface area contributed by atoms with Crippen LogP contribution < -0.4 is 0 Å². The lowest BCUT2D eigenvalue weighted by atomic mass is 10.1. The smallest absolute Gasteiger partial charge is 0.355 e. The van der Waals surface area contributed by atoms with Gasteiger partial charge in [-0.3, -0.25) is 0 Å². The molecule has 0 unspecified atom stereocenters. The Hall–Kier alpha value is -2.84. The highest BCUT2D eigenvalue weighted by atomic mass is 16.5. The fourth-order valence-corrected chi connectivity index (χ4v) is 2.18. The van der Waals surface area contributed by atoms with E-state index in [9.17, 15) is 19.2 Å². The summed E-state index contributed by atoms with van der Waals surface area (Å²) >= 11 is 0. The van der Waals surface area contributed by atoms with Crippen molar-refractivity contribution in [2.45, 2.75) is 39.5 Å². The number of aromatic amines is 1. The first kappa shape index (κ1) is 22.2. The molecule has 0 spiro atoms. The van der Waals surface area contributed by atoms with E-state index >= 15 is 0 Å². The SMILES string of the molecule is CCCCOC(=O)c1c(C(=O)OC)[nH]c(C(=O)OC)c1C(=O)OCCCC. The van der Waals surface area contributed by atoms with Crippen molar-refractivity contribution in [3.63, 3.8) is 0 Å². The summed E-state index contributed by atoms with van der Waals surface area (Å²) in [7, 11) is 2.21. The fraction of sp³-hybridized carbons (Fsp3) is 0.556. The molecule has 0 aliphatic carbocycles. The molecule has 1 N–H and O–H groups in total. The molecule has 9 nitrogen and oxygen atoms in total. The van der Waals surface area contributed by atoms with E-state index in [1.807, 2.05) is 13.8 Å². The Labute approximate surface area is 157 Å². The number of aromatic nitrogens is 1. The minimum Gasteiger partial charge on any atom is -0.464 e. The van der Waals surface area contributed by atoms with Gasteiger partial charge in [-0.25, -0.2) is 19.2 Å². The van der Waals surface area contributed by atoms with E-state index in [2.05, 4.69) is 14.5 Å². The highest BCUT2D eigenvalue weighted by Crippen LogP contribution is 2.24. The van der Waals surface area contributed by atoms with Crippen LogP contribution in [0.3, 0.4) is 0 Å². The summed E-state index contributed by atoms with van der Waals surface area (Å²) in [5, 5.41) is 0. The van der Waals surface area contributed by atoms with Crippen LogP contribution in [0.15, 0.2) is 0 Å². The van der Waals surface area contributed by atoms with Gasteiger partial charge in [-0.2, -0.15) is 0 Å². The summed E-state index contributed by atoms with van der Waals surface area (Å²) in [6, 6.07) is 0. The zero-order valence-electron chi connectivity index (χ0n) is 16.0. The first-order valence-corrected chi connectivity index (χ1v) is 8.69. The molecule has 0 bridgehead atoms. The Morgan fingerprint density at radius 3 is 1.37 bits per heavy atom. The molecule has 27 heavy (non-hydrogen) atoms. The highest BCUT2D eigenvalue weighted by Gasteiger charge is 2.36. The summed E-state index contributed by atoms with van der Waals surface area (Å²) in [6.07, 6.45) is 2.76. The number of nitrogens with one attached hydrogen (secondary N) is 1. The van der Waals surface area contributed by atoms with E-state index in [-0.39, 0.29) is 24.6 Å². The van der Waals surface area contributed by atoms with Gasteiger partial charge in [0.15, 0.2) is 0 Å². The Bertz CT molecular complexity index is 635. The van der Waals surface area contributed by atoms with E-state index in [0.717, 1.165) is 27.1 Å². The Kier molecular flexibility index (Phi) is 9.04. The van der Waals surface area contributed by atoms with Crippen LogP contribution in [0.25, 0.3) is 0 Å². The highest BCUT2D eigenvalue weighted by molar-refractivity contribution is 6.15. The maximum Gasteiger partial charge on any atom is 0.355 e. The van der Waals surface area contributed by atoms with Crippen molar-refractivity contribution in [2.24, 2.45) is 0 Å². The predicted octanol–water partition coefficient (Wildman–Crippen LogP) is 2.50. The minimum absolute atomic E-state index is 0.0962. The number of hydrogen-bond acceptors (Lipinski definition) is 8. The number of carbonyl (C=O) groups excluding carboxylic acids is 4. The van der Waals surface area contributed by atoms with E-state index in [1.165, 1.54) is 0 Å².